The predicted octanol–water partition coefficient (Wildman–Crippen LogP) is 3.18. The molecule has 2 N–H and O–H groups in total. The summed E-state index contributed by atoms with van der Waals surface area (Å²) in [7, 11) is -0.885. The number of furan rings is 1. The van der Waals surface area contributed by atoms with Crippen molar-refractivity contribution in [2.45, 2.75) is 44.6 Å². The second-order valence-corrected chi connectivity index (χ2v) is 11.8. The summed E-state index contributed by atoms with van der Waals surface area (Å²) >= 11 is 0. The lowest BCUT2D eigenvalue weighted by molar-refractivity contribution is -0.148. The molecule has 40 heavy (non-hydrogen) atoms. The number of aromatic nitrogens is 1. The third-order valence-electron chi connectivity index (χ3n) is 7.04. The number of amides is 2. The van der Waals surface area contributed by atoms with Crippen molar-refractivity contribution in [3.63, 3.8) is 0 Å². The highest BCUT2D eigenvalue weighted by atomic mass is 32.2. The number of carboxylic acids is 1. The van der Waals surface area contributed by atoms with Gasteiger partial charge in [0.2, 0.25) is 21.6 Å². The first kappa shape index (κ1) is 29.0. The van der Waals surface area contributed by atoms with Gasteiger partial charge in [0, 0.05) is 32.6 Å². The monoisotopic (exact) mass is 574 g/mol. The molecule has 3 heterocycles. The number of carbonyl (C=O) groups is 3. The molecule has 2 aromatic heterocycles. The second-order valence-electron chi connectivity index (χ2n) is 9.74. The SMILES string of the molecule is CNC(=O)c1c(-c2ccc(F)cc2)oc2nc(N(C)S(C)(=O)=O)c(CCCCC(=O)N3CCCC3C(=O)O)cc12. The summed E-state index contributed by atoms with van der Waals surface area (Å²) in [6.07, 6.45) is 3.53. The third-order valence-corrected chi connectivity index (χ3v) is 8.21. The minimum absolute atomic E-state index is 0.0381. The number of nitrogens with one attached hydrogen (secondary N) is 1. The van der Waals surface area contributed by atoms with E-state index in [1.54, 1.807) is 6.07 Å². The Morgan fingerprint density at radius 2 is 1.93 bits per heavy atom. The number of hydrogen-bond acceptors (Lipinski definition) is 7. The lowest BCUT2D eigenvalue weighted by atomic mass is 10.0. The van der Waals surface area contributed by atoms with Crippen molar-refractivity contribution >= 4 is 44.7 Å². The van der Waals surface area contributed by atoms with Gasteiger partial charge in [-0.25, -0.2) is 17.6 Å². The van der Waals surface area contributed by atoms with Crippen LogP contribution in [0.1, 0.15) is 48.0 Å². The minimum Gasteiger partial charge on any atom is -0.480 e. The summed E-state index contributed by atoms with van der Waals surface area (Å²) in [5, 5.41) is 12.3. The van der Waals surface area contributed by atoms with Gasteiger partial charge in [0.05, 0.1) is 17.2 Å². The van der Waals surface area contributed by atoms with Gasteiger partial charge in [0.25, 0.3) is 5.91 Å². The second kappa shape index (κ2) is 11.6. The smallest absolute Gasteiger partial charge is 0.326 e. The third kappa shape index (κ3) is 5.93. The molecular weight excluding hydrogens is 543 g/mol. The standard InChI is InChI=1S/C27H31FN4O7S/c1-29-25(34)22-19-15-17(7-4-5-9-21(33)32-14-6-8-20(32)27(35)36)24(31(2)40(3,37)38)30-26(19)39-23(22)16-10-12-18(28)13-11-16/h10-13,15,20H,4-9,14H2,1-3H3,(H,29,34)(H,35,36). The summed E-state index contributed by atoms with van der Waals surface area (Å²) in [5.74, 6) is -1.87. The highest BCUT2D eigenvalue weighted by Crippen LogP contribution is 2.36. The van der Waals surface area contributed by atoms with Crippen LogP contribution in [0.2, 0.25) is 0 Å². The number of anilines is 1. The van der Waals surface area contributed by atoms with Gasteiger partial charge in [0.1, 0.15) is 23.4 Å². The molecule has 4 rings (SSSR count). The van der Waals surface area contributed by atoms with E-state index in [9.17, 15) is 32.3 Å². The highest BCUT2D eigenvalue weighted by Gasteiger charge is 2.33. The first-order valence-electron chi connectivity index (χ1n) is 12.8. The largest absolute Gasteiger partial charge is 0.480 e. The predicted molar refractivity (Wildman–Crippen MR) is 146 cm³/mol. The highest BCUT2D eigenvalue weighted by molar-refractivity contribution is 7.92. The molecule has 0 saturated carbocycles. The number of likely N-dealkylation sites (tertiary alicyclic amines) is 1. The lowest BCUT2D eigenvalue weighted by Crippen LogP contribution is -2.40. The van der Waals surface area contributed by atoms with Gasteiger partial charge >= 0.3 is 5.97 Å². The number of carbonyl (C=O) groups excluding carboxylic acids is 2. The van der Waals surface area contributed by atoms with E-state index < -0.39 is 33.8 Å². The Morgan fingerprint density at radius 3 is 2.55 bits per heavy atom. The number of aliphatic carboxylic acids is 1. The molecule has 1 aromatic carbocycles. The molecule has 13 heteroatoms. The van der Waals surface area contributed by atoms with E-state index in [0.29, 0.717) is 55.2 Å². The maximum absolute atomic E-state index is 13.5. The van der Waals surface area contributed by atoms with Crippen LogP contribution in [-0.2, 0) is 26.0 Å². The normalized spacial score (nSPS) is 15.4. The topological polar surface area (TPSA) is 150 Å². The molecule has 1 aliphatic heterocycles. The van der Waals surface area contributed by atoms with E-state index in [4.69, 9.17) is 4.42 Å². The zero-order chi connectivity index (χ0) is 29.2. The Bertz CT molecular complexity index is 1550. The number of halogens is 1. The Balaban J connectivity index is 1.67. The number of unbranched alkanes of at least 4 members (excludes halogenated alkanes) is 1. The van der Waals surface area contributed by atoms with Crippen LogP contribution in [0.5, 0.6) is 0 Å². The summed E-state index contributed by atoms with van der Waals surface area (Å²) in [5.41, 5.74) is 1.18. The molecule has 0 spiro atoms. The molecule has 0 aliphatic carbocycles. The molecule has 1 saturated heterocycles. The fourth-order valence-electron chi connectivity index (χ4n) is 4.88. The number of rotatable bonds is 10. The minimum atomic E-state index is -3.71. The number of fused-ring (bicyclic) bond motifs is 1. The average Bonchev–Trinajstić information content (AvgIpc) is 3.55. The molecule has 11 nitrogen and oxygen atoms in total. The van der Waals surface area contributed by atoms with Gasteiger partial charge in [-0.15, -0.1) is 0 Å². The molecule has 1 unspecified atom stereocenters. The van der Waals surface area contributed by atoms with E-state index in [-0.39, 0.29) is 35.2 Å². The van der Waals surface area contributed by atoms with Crippen molar-refractivity contribution in [1.29, 1.82) is 0 Å². The molecular formula is C27H31FN4O7S. The van der Waals surface area contributed by atoms with E-state index in [1.807, 2.05) is 0 Å². The summed E-state index contributed by atoms with van der Waals surface area (Å²) in [6, 6.07) is 6.27. The number of pyridine rings is 1. The Morgan fingerprint density at radius 1 is 1.23 bits per heavy atom. The average molecular weight is 575 g/mol. The zero-order valence-electron chi connectivity index (χ0n) is 22.4. The summed E-state index contributed by atoms with van der Waals surface area (Å²) in [4.78, 5) is 42.8. The first-order valence-corrected chi connectivity index (χ1v) is 14.7. The zero-order valence-corrected chi connectivity index (χ0v) is 23.3. The molecule has 1 fully saturated rings. The van der Waals surface area contributed by atoms with E-state index in [1.165, 1.54) is 43.3 Å². The molecule has 3 aromatic rings. The van der Waals surface area contributed by atoms with E-state index in [2.05, 4.69) is 10.3 Å². The van der Waals surface area contributed by atoms with Gasteiger partial charge in [0.15, 0.2) is 0 Å². The van der Waals surface area contributed by atoms with Crippen LogP contribution in [0.3, 0.4) is 0 Å². The van der Waals surface area contributed by atoms with Crippen molar-refractivity contribution < 1.29 is 36.7 Å². The number of sulfonamides is 1. The number of aryl methyl sites for hydroxylation is 1. The first-order chi connectivity index (χ1) is 18.9. The van der Waals surface area contributed by atoms with Crippen LogP contribution < -0.4 is 9.62 Å². The fourth-order valence-corrected chi connectivity index (χ4v) is 5.35. The van der Waals surface area contributed by atoms with Crippen molar-refractivity contribution in [2.75, 3.05) is 31.2 Å². The van der Waals surface area contributed by atoms with Crippen LogP contribution in [0.15, 0.2) is 34.7 Å². The molecule has 0 bridgehead atoms. The van der Waals surface area contributed by atoms with Gasteiger partial charge < -0.3 is 19.7 Å². The van der Waals surface area contributed by atoms with Crippen LogP contribution in [0.25, 0.3) is 22.4 Å². The number of nitrogens with zero attached hydrogens (tertiary/aromatic N) is 3. The molecule has 1 aliphatic rings. The number of benzene rings is 1. The Hall–Kier alpha value is -4.00. The lowest BCUT2D eigenvalue weighted by Gasteiger charge is -2.21. The summed E-state index contributed by atoms with van der Waals surface area (Å²) < 4.78 is 45.3. The van der Waals surface area contributed by atoms with Crippen molar-refractivity contribution in [3.8, 4) is 11.3 Å². The quantitative estimate of drug-likeness (QED) is 0.351. The number of carboxylic acid groups (broad SMARTS) is 1. The van der Waals surface area contributed by atoms with Crippen LogP contribution in [0.4, 0.5) is 10.2 Å². The van der Waals surface area contributed by atoms with E-state index in [0.717, 1.165) is 10.6 Å². The maximum atomic E-state index is 13.5. The van der Waals surface area contributed by atoms with Crippen LogP contribution >= 0.6 is 0 Å². The fraction of sp³-hybridized carbons (Fsp3) is 0.407. The van der Waals surface area contributed by atoms with Crippen LogP contribution in [0, 0.1) is 5.82 Å². The summed E-state index contributed by atoms with van der Waals surface area (Å²) in [6.45, 7) is 0.416. The van der Waals surface area contributed by atoms with E-state index >= 15 is 0 Å². The van der Waals surface area contributed by atoms with Gasteiger partial charge in [-0.3, -0.25) is 13.9 Å². The van der Waals surface area contributed by atoms with Crippen molar-refractivity contribution in [1.82, 2.24) is 15.2 Å². The van der Waals surface area contributed by atoms with Crippen LogP contribution in [-0.4, -0.2) is 74.1 Å². The van der Waals surface area contributed by atoms with Gasteiger partial charge in [-0.1, -0.05) is 0 Å². The van der Waals surface area contributed by atoms with Gasteiger partial charge in [-0.05, 0) is 68.0 Å². The molecule has 1 atom stereocenters. The number of hydrogen-bond donors (Lipinski definition) is 2. The molecule has 214 valence electrons. The maximum Gasteiger partial charge on any atom is 0.326 e. The molecule has 2 amide bonds. The Kier molecular flexibility index (Phi) is 8.43. The Labute approximate surface area is 231 Å². The van der Waals surface area contributed by atoms with Crippen molar-refractivity contribution in [2.24, 2.45) is 0 Å². The van der Waals surface area contributed by atoms with Gasteiger partial charge in [-0.2, -0.15) is 4.98 Å². The van der Waals surface area contributed by atoms with Crippen molar-refractivity contribution in [3.05, 3.63) is 47.3 Å². The molecule has 0 radical (unpaired) electrons.